The summed E-state index contributed by atoms with van der Waals surface area (Å²) in [6.07, 6.45) is 1.13. The lowest BCUT2D eigenvalue weighted by atomic mass is 10.0. The molecular weight excluding hydrogens is 250 g/mol. The van der Waals surface area contributed by atoms with E-state index in [-0.39, 0.29) is 0 Å². The number of aryl methyl sites for hydroxylation is 2. The van der Waals surface area contributed by atoms with E-state index in [4.69, 9.17) is 0 Å². The molecule has 2 rings (SSSR count). The number of hydrogen-bond acceptors (Lipinski definition) is 2. The maximum Gasteiger partial charge on any atom is 0.0391 e. The summed E-state index contributed by atoms with van der Waals surface area (Å²) >= 11 is 1.92. The van der Waals surface area contributed by atoms with Crippen LogP contribution in [0.3, 0.4) is 0 Å². The molecule has 0 aliphatic rings. The molecule has 0 aliphatic carbocycles. The average Bonchev–Trinajstić information content (AvgIpc) is 2.87. The fourth-order valence-electron chi connectivity index (χ4n) is 2.31. The van der Waals surface area contributed by atoms with Crippen molar-refractivity contribution in [3.8, 4) is 0 Å². The van der Waals surface area contributed by atoms with Gasteiger partial charge in [-0.1, -0.05) is 36.8 Å². The Morgan fingerprint density at radius 3 is 2.53 bits per heavy atom. The molecule has 1 aromatic carbocycles. The molecule has 102 valence electrons. The molecule has 0 amide bonds. The van der Waals surface area contributed by atoms with Gasteiger partial charge >= 0.3 is 0 Å². The highest BCUT2D eigenvalue weighted by Gasteiger charge is 2.12. The van der Waals surface area contributed by atoms with Crippen molar-refractivity contribution >= 4 is 11.3 Å². The smallest absolute Gasteiger partial charge is 0.0391 e. The molecule has 0 radical (unpaired) electrons. The summed E-state index contributed by atoms with van der Waals surface area (Å²) in [7, 11) is 0. The Bertz CT molecular complexity index is 530. The van der Waals surface area contributed by atoms with Gasteiger partial charge in [-0.15, -0.1) is 11.3 Å². The van der Waals surface area contributed by atoms with Gasteiger partial charge in [0.05, 0.1) is 0 Å². The van der Waals surface area contributed by atoms with E-state index in [1.165, 1.54) is 20.9 Å². The van der Waals surface area contributed by atoms with Crippen LogP contribution in [0.25, 0.3) is 0 Å². The minimum absolute atomic E-state index is 0.377. The summed E-state index contributed by atoms with van der Waals surface area (Å²) in [5, 5.41) is 3.69. The summed E-state index contributed by atoms with van der Waals surface area (Å²) in [6.45, 7) is 8.84. The molecule has 0 spiro atoms. The molecule has 2 aromatic rings. The van der Waals surface area contributed by atoms with Gasteiger partial charge in [-0.3, -0.25) is 0 Å². The van der Waals surface area contributed by atoms with Gasteiger partial charge in [0.2, 0.25) is 0 Å². The molecule has 0 aliphatic heterocycles. The molecule has 0 saturated heterocycles. The topological polar surface area (TPSA) is 12.0 Å². The Balaban J connectivity index is 2.03. The van der Waals surface area contributed by atoms with Crippen molar-refractivity contribution in [2.45, 2.75) is 46.2 Å². The van der Waals surface area contributed by atoms with E-state index in [2.05, 4.69) is 69.4 Å². The summed E-state index contributed by atoms with van der Waals surface area (Å²) in [5.41, 5.74) is 2.68. The highest BCUT2D eigenvalue weighted by molar-refractivity contribution is 7.12. The van der Waals surface area contributed by atoms with E-state index < -0.39 is 0 Å². The van der Waals surface area contributed by atoms with Crippen molar-refractivity contribution in [3.05, 3.63) is 57.3 Å². The fraction of sp³-hybridized carbons (Fsp3) is 0.412. The van der Waals surface area contributed by atoms with Crippen LogP contribution in [-0.2, 0) is 6.42 Å². The SMILES string of the molecule is CCc1ccc(C(C)N[C@@H](C)c2cccc(C)c2)s1. The van der Waals surface area contributed by atoms with E-state index in [0.29, 0.717) is 12.1 Å². The zero-order chi connectivity index (χ0) is 13.8. The number of rotatable bonds is 5. The van der Waals surface area contributed by atoms with E-state index >= 15 is 0 Å². The van der Waals surface area contributed by atoms with Crippen molar-refractivity contribution in [1.82, 2.24) is 5.32 Å². The first-order valence-corrected chi connectivity index (χ1v) is 7.83. The summed E-state index contributed by atoms with van der Waals surface area (Å²) < 4.78 is 0. The van der Waals surface area contributed by atoms with Crippen LogP contribution in [0.15, 0.2) is 36.4 Å². The second kappa shape index (κ2) is 6.36. The summed E-state index contributed by atoms with van der Waals surface area (Å²) in [6, 6.07) is 14.0. The van der Waals surface area contributed by atoms with Gasteiger partial charge in [-0.2, -0.15) is 0 Å². The zero-order valence-electron chi connectivity index (χ0n) is 12.2. The first-order valence-electron chi connectivity index (χ1n) is 7.01. The minimum Gasteiger partial charge on any atom is -0.303 e. The van der Waals surface area contributed by atoms with Crippen LogP contribution in [0, 0.1) is 6.92 Å². The van der Waals surface area contributed by atoms with Crippen LogP contribution in [-0.4, -0.2) is 0 Å². The van der Waals surface area contributed by atoms with E-state index in [0.717, 1.165) is 6.42 Å². The van der Waals surface area contributed by atoms with Gasteiger partial charge in [-0.25, -0.2) is 0 Å². The Morgan fingerprint density at radius 1 is 1.11 bits per heavy atom. The second-order valence-electron chi connectivity index (χ2n) is 5.18. The molecule has 1 heterocycles. The van der Waals surface area contributed by atoms with Gasteiger partial charge in [0, 0.05) is 21.8 Å². The molecule has 0 fully saturated rings. The Morgan fingerprint density at radius 2 is 1.89 bits per heavy atom. The van der Waals surface area contributed by atoms with E-state index in [1.54, 1.807) is 0 Å². The molecule has 2 atom stereocenters. The maximum absolute atomic E-state index is 3.69. The third kappa shape index (κ3) is 3.68. The summed E-state index contributed by atoms with van der Waals surface area (Å²) in [4.78, 5) is 2.89. The molecule has 0 saturated carbocycles. The van der Waals surface area contributed by atoms with Crippen LogP contribution in [0.1, 0.15) is 53.7 Å². The van der Waals surface area contributed by atoms with Crippen LogP contribution in [0.5, 0.6) is 0 Å². The van der Waals surface area contributed by atoms with Gasteiger partial charge in [0.15, 0.2) is 0 Å². The van der Waals surface area contributed by atoms with E-state index in [1.807, 2.05) is 11.3 Å². The zero-order valence-corrected chi connectivity index (χ0v) is 13.1. The third-order valence-electron chi connectivity index (χ3n) is 3.50. The first kappa shape index (κ1) is 14.3. The van der Waals surface area contributed by atoms with Crippen molar-refractivity contribution < 1.29 is 0 Å². The van der Waals surface area contributed by atoms with Gasteiger partial charge in [0.1, 0.15) is 0 Å². The number of nitrogens with one attached hydrogen (secondary N) is 1. The van der Waals surface area contributed by atoms with Crippen LogP contribution >= 0.6 is 11.3 Å². The number of thiophene rings is 1. The largest absolute Gasteiger partial charge is 0.303 e. The Labute approximate surface area is 120 Å². The second-order valence-corrected chi connectivity index (χ2v) is 6.38. The quantitative estimate of drug-likeness (QED) is 0.805. The predicted molar refractivity (Wildman–Crippen MR) is 84.8 cm³/mol. The lowest BCUT2D eigenvalue weighted by molar-refractivity contribution is 0.500. The van der Waals surface area contributed by atoms with Crippen LogP contribution in [0.4, 0.5) is 0 Å². The maximum atomic E-state index is 3.69. The molecule has 1 N–H and O–H groups in total. The van der Waals surface area contributed by atoms with Crippen molar-refractivity contribution in [1.29, 1.82) is 0 Å². The Kier molecular flexibility index (Phi) is 4.78. The standard InChI is InChI=1S/C17H23NS/c1-5-16-9-10-17(19-16)14(4)18-13(3)15-8-6-7-12(2)11-15/h6-11,13-14,18H,5H2,1-4H3/t13-,14?/m0/s1. The van der Waals surface area contributed by atoms with Crippen molar-refractivity contribution in [3.63, 3.8) is 0 Å². The molecule has 1 aromatic heterocycles. The van der Waals surface area contributed by atoms with Gasteiger partial charge in [-0.05, 0) is 44.9 Å². The molecule has 1 unspecified atom stereocenters. The fourth-order valence-corrected chi connectivity index (χ4v) is 3.27. The molecule has 19 heavy (non-hydrogen) atoms. The molecule has 2 heteroatoms. The first-order chi connectivity index (χ1) is 9.10. The van der Waals surface area contributed by atoms with Crippen LogP contribution < -0.4 is 5.32 Å². The van der Waals surface area contributed by atoms with Gasteiger partial charge < -0.3 is 5.32 Å². The van der Waals surface area contributed by atoms with Crippen molar-refractivity contribution in [2.24, 2.45) is 0 Å². The Hall–Kier alpha value is -1.12. The van der Waals surface area contributed by atoms with Crippen molar-refractivity contribution in [2.75, 3.05) is 0 Å². The highest BCUT2D eigenvalue weighted by atomic mass is 32.1. The van der Waals surface area contributed by atoms with Crippen LogP contribution in [0.2, 0.25) is 0 Å². The van der Waals surface area contributed by atoms with E-state index in [9.17, 15) is 0 Å². The lowest BCUT2D eigenvalue weighted by Crippen LogP contribution is -2.21. The molecular formula is C17H23NS. The third-order valence-corrected chi connectivity index (χ3v) is 4.91. The monoisotopic (exact) mass is 273 g/mol. The number of hydrogen-bond donors (Lipinski definition) is 1. The molecule has 0 bridgehead atoms. The predicted octanol–water partition coefficient (Wildman–Crippen LogP) is 5.03. The summed E-state index contributed by atoms with van der Waals surface area (Å²) in [5.74, 6) is 0. The van der Waals surface area contributed by atoms with Gasteiger partial charge in [0.25, 0.3) is 0 Å². The number of benzene rings is 1. The molecule has 1 nitrogen and oxygen atoms in total. The minimum atomic E-state index is 0.377. The lowest BCUT2D eigenvalue weighted by Gasteiger charge is -2.20. The normalized spacial score (nSPS) is 14.3. The average molecular weight is 273 g/mol. The highest BCUT2D eigenvalue weighted by Crippen LogP contribution is 2.26.